The van der Waals surface area contributed by atoms with Gasteiger partial charge in [-0.2, -0.15) is 0 Å². The van der Waals surface area contributed by atoms with Crippen LogP contribution in [0.3, 0.4) is 0 Å². The number of rotatable bonds is 2. The number of benzene rings is 1. The first kappa shape index (κ1) is 20.0. The Kier molecular flexibility index (Phi) is 4.39. The van der Waals surface area contributed by atoms with Gasteiger partial charge in [0.15, 0.2) is 5.75 Å². The number of nitrogens with zero attached hydrogens (tertiary/aromatic N) is 1. The summed E-state index contributed by atoms with van der Waals surface area (Å²) in [7, 11) is 1.96. The fourth-order valence-corrected chi connectivity index (χ4v) is 5.60. The number of fused-ring (bicyclic) bond motifs is 1. The predicted octanol–water partition coefficient (Wildman–Crippen LogP) is 4.65. The SMILES string of the molecule is CN1/C(=C/c2c(O)c(=O)c2=O)C(C)(C)c2cc(C3=CCC(C(C)(C)C)S3)ccc21. The first-order valence-electron chi connectivity index (χ1n) is 9.93. The Labute approximate surface area is 175 Å². The summed E-state index contributed by atoms with van der Waals surface area (Å²) in [5, 5.41) is 10.4. The lowest BCUT2D eigenvalue weighted by Gasteiger charge is -2.26. The molecule has 4 nitrogen and oxygen atoms in total. The van der Waals surface area contributed by atoms with Gasteiger partial charge in [-0.15, -0.1) is 11.8 Å². The maximum atomic E-state index is 11.8. The topological polar surface area (TPSA) is 57.6 Å². The highest BCUT2D eigenvalue weighted by atomic mass is 32.2. The second kappa shape index (κ2) is 6.36. The zero-order valence-corrected chi connectivity index (χ0v) is 18.6. The van der Waals surface area contributed by atoms with Crippen LogP contribution in [0.15, 0.2) is 39.6 Å². The van der Waals surface area contributed by atoms with Crippen LogP contribution in [0, 0.1) is 5.41 Å². The van der Waals surface area contributed by atoms with Crippen molar-refractivity contribution >= 4 is 28.4 Å². The van der Waals surface area contributed by atoms with E-state index in [2.05, 4.69) is 58.9 Å². The standard InChI is InChI=1S/C24H27NO3S/c1-23(2,3)19-10-9-17(29-19)13-7-8-16-15(11-13)24(4,5)18(25(16)6)12-14-20(26)22(28)21(14)27/h7-9,11-12,19,26H,10H2,1-6H3/b18-12+. The molecule has 0 spiro atoms. The van der Waals surface area contributed by atoms with Gasteiger partial charge in [0.2, 0.25) is 5.43 Å². The third kappa shape index (κ3) is 2.98. The van der Waals surface area contributed by atoms with Gasteiger partial charge < -0.3 is 10.0 Å². The summed E-state index contributed by atoms with van der Waals surface area (Å²) in [6.45, 7) is 11.1. The van der Waals surface area contributed by atoms with Crippen molar-refractivity contribution in [1.82, 2.24) is 0 Å². The number of likely N-dealkylation sites (N-methyl/N-ethyl adjacent to an activating group) is 1. The number of aromatic hydroxyl groups is 1. The van der Waals surface area contributed by atoms with E-state index in [4.69, 9.17) is 0 Å². The Balaban J connectivity index is 1.71. The molecule has 1 unspecified atom stereocenters. The van der Waals surface area contributed by atoms with Gasteiger partial charge in [0.25, 0.3) is 5.43 Å². The second-order valence-electron chi connectivity index (χ2n) is 9.64. The van der Waals surface area contributed by atoms with Crippen molar-refractivity contribution in [1.29, 1.82) is 0 Å². The smallest absolute Gasteiger partial charge is 0.268 e. The Morgan fingerprint density at radius 3 is 2.48 bits per heavy atom. The molecule has 2 heterocycles. The van der Waals surface area contributed by atoms with Crippen molar-refractivity contribution in [2.75, 3.05) is 11.9 Å². The quantitative estimate of drug-likeness (QED) is 0.732. The summed E-state index contributed by atoms with van der Waals surface area (Å²) >= 11 is 1.95. The fourth-order valence-electron chi connectivity index (χ4n) is 4.29. The van der Waals surface area contributed by atoms with Crippen molar-refractivity contribution < 1.29 is 5.11 Å². The van der Waals surface area contributed by atoms with Gasteiger partial charge in [-0.1, -0.05) is 46.8 Å². The lowest BCUT2D eigenvalue weighted by molar-refractivity contribution is 0.398. The molecule has 2 aliphatic rings. The molecular weight excluding hydrogens is 382 g/mol. The third-order valence-electron chi connectivity index (χ3n) is 6.27. The molecule has 0 amide bonds. The Bertz CT molecular complexity index is 1140. The van der Waals surface area contributed by atoms with Crippen molar-refractivity contribution in [2.24, 2.45) is 5.41 Å². The maximum Gasteiger partial charge on any atom is 0.268 e. The molecule has 4 rings (SSSR count). The van der Waals surface area contributed by atoms with Crippen LogP contribution in [0.2, 0.25) is 0 Å². The summed E-state index contributed by atoms with van der Waals surface area (Å²) in [6, 6.07) is 6.53. The van der Waals surface area contributed by atoms with Crippen LogP contribution < -0.4 is 15.8 Å². The normalized spacial score (nSPS) is 22.4. The van der Waals surface area contributed by atoms with Crippen molar-refractivity contribution in [3.63, 3.8) is 0 Å². The van der Waals surface area contributed by atoms with Gasteiger partial charge in [0.05, 0.1) is 5.56 Å². The average Bonchev–Trinajstić information content (AvgIpc) is 3.23. The Morgan fingerprint density at radius 2 is 1.90 bits per heavy atom. The van der Waals surface area contributed by atoms with Gasteiger partial charge in [-0.3, -0.25) is 9.59 Å². The number of hydrogen-bond acceptors (Lipinski definition) is 5. The van der Waals surface area contributed by atoms with E-state index in [-0.39, 0.29) is 16.4 Å². The van der Waals surface area contributed by atoms with E-state index in [0.717, 1.165) is 17.8 Å². The number of allylic oxidation sites excluding steroid dienone is 2. The summed E-state index contributed by atoms with van der Waals surface area (Å²) in [5.41, 5.74) is 3.00. The monoisotopic (exact) mass is 409 g/mol. The molecule has 2 aliphatic heterocycles. The van der Waals surface area contributed by atoms with Crippen LogP contribution >= 0.6 is 11.8 Å². The molecule has 0 saturated heterocycles. The predicted molar refractivity (Wildman–Crippen MR) is 122 cm³/mol. The average molecular weight is 410 g/mol. The van der Waals surface area contributed by atoms with E-state index in [0.29, 0.717) is 5.25 Å². The van der Waals surface area contributed by atoms with Gasteiger partial charge in [0, 0.05) is 34.0 Å². The van der Waals surface area contributed by atoms with Crippen LogP contribution in [-0.4, -0.2) is 17.4 Å². The van der Waals surface area contributed by atoms with Gasteiger partial charge in [-0.25, -0.2) is 0 Å². The van der Waals surface area contributed by atoms with E-state index >= 15 is 0 Å². The van der Waals surface area contributed by atoms with Crippen LogP contribution in [0.5, 0.6) is 5.75 Å². The molecular formula is C24H27NO3S. The molecule has 5 heteroatoms. The molecule has 0 aromatic heterocycles. The fraction of sp³-hybridized carbons (Fsp3) is 0.417. The van der Waals surface area contributed by atoms with Crippen LogP contribution in [0.4, 0.5) is 5.69 Å². The molecule has 0 aliphatic carbocycles. The molecule has 2 aromatic carbocycles. The highest BCUT2D eigenvalue weighted by molar-refractivity contribution is 8.09. The molecule has 0 bridgehead atoms. The first-order chi connectivity index (χ1) is 13.4. The first-order valence-corrected chi connectivity index (χ1v) is 10.8. The molecule has 29 heavy (non-hydrogen) atoms. The van der Waals surface area contributed by atoms with Crippen molar-refractivity contribution in [2.45, 2.75) is 51.7 Å². The molecule has 1 N–H and O–H groups in total. The van der Waals surface area contributed by atoms with E-state index in [1.807, 2.05) is 23.7 Å². The van der Waals surface area contributed by atoms with Gasteiger partial charge in [-0.05, 0) is 41.2 Å². The molecule has 152 valence electrons. The number of anilines is 1. The third-order valence-corrected chi connectivity index (χ3v) is 8.11. The summed E-state index contributed by atoms with van der Waals surface area (Å²) in [4.78, 5) is 26.6. The van der Waals surface area contributed by atoms with E-state index in [1.54, 1.807) is 6.08 Å². The minimum absolute atomic E-state index is 0.111. The molecule has 0 fully saturated rings. The second-order valence-corrected chi connectivity index (χ2v) is 10.9. The maximum absolute atomic E-state index is 11.8. The molecule has 2 aromatic rings. The van der Waals surface area contributed by atoms with Crippen LogP contribution in [0.25, 0.3) is 11.0 Å². The van der Waals surface area contributed by atoms with E-state index in [1.165, 1.54) is 16.0 Å². The minimum Gasteiger partial charge on any atom is -0.504 e. The van der Waals surface area contributed by atoms with Gasteiger partial charge in [0.1, 0.15) is 0 Å². The Hall–Kier alpha value is -2.27. The minimum atomic E-state index is -0.797. The highest BCUT2D eigenvalue weighted by Crippen LogP contribution is 2.51. The largest absolute Gasteiger partial charge is 0.504 e. The van der Waals surface area contributed by atoms with Gasteiger partial charge >= 0.3 is 0 Å². The van der Waals surface area contributed by atoms with Crippen molar-refractivity contribution in [3.05, 3.63) is 67.1 Å². The molecule has 1 atom stereocenters. The summed E-state index contributed by atoms with van der Waals surface area (Å²) in [6.07, 6.45) is 5.09. The summed E-state index contributed by atoms with van der Waals surface area (Å²) in [5.74, 6) is -0.427. The van der Waals surface area contributed by atoms with Crippen molar-refractivity contribution in [3.8, 4) is 5.75 Å². The van der Waals surface area contributed by atoms with E-state index in [9.17, 15) is 14.7 Å². The summed E-state index contributed by atoms with van der Waals surface area (Å²) < 4.78 is 0. The zero-order chi connectivity index (χ0) is 21.3. The lowest BCUT2D eigenvalue weighted by atomic mass is 9.82. The zero-order valence-electron chi connectivity index (χ0n) is 17.8. The Morgan fingerprint density at radius 1 is 1.21 bits per heavy atom. The number of thioether (sulfide) groups is 1. The number of hydrogen-bond donors (Lipinski definition) is 1. The molecule has 0 radical (unpaired) electrons. The lowest BCUT2D eigenvalue weighted by Crippen LogP contribution is -2.33. The highest BCUT2D eigenvalue weighted by Gasteiger charge is 2.40. The molecule has 0 saturated carbocycles. The van der Waals surface area contributed by atoms with E-state index < -0.39 is 16.6 Å². The van der Waals surface area contributed by atoms with Crippen LogP contribution in [-0.2, 0) is 5.41 Å². The van der Waals surface area contributed by atoms with Crippen LogP contribution in [0.1, 0.15) is 57.7 Å².